The molecule has 2 aromatic rings. The first kappa shape index (κ1) is 17.4. The molecule has 0 bridgehead atoms. The fourth-order valence-corrected chi connectivity index (χ4v) is 2.51. The summed E-state index contributed by atoms with van der Waals surface area (Å²) in [6.45, 7) is 3.23. The zero-order valence-corrected chi connectivity index (χ0v) is 14.6. The number of carbonyl (C=O) groups is 2. The van der Waals surface area contributed by atoms with E-state index in [0.29, 0.717) is 17.1 Å². The van der Waals surface area contributed by atoms with Crippen molar-refractivity contribution in [2.75, 3.05) is 7.11 Å². The molecular weight excluding hydrogens is 334 g/mol. The van der Waals surface area contributed by atoms with Gasteiger partial charge in [0.15, 0.2) is 17.2 Å². The lowest BCUT2D eigenvalue weighted by molar-refractivity contribution is -0.132. The summed E-state index contributed by atoms with van der Waals surface area (Å²) in [5.41, 5.74) is 2.59. The van der Waals surface area contributed by atoms with E-state index in [1.54, 1.807) is 24.3 Å². The number of cyclic esters (lactones) is 1. The average molecular weight is 351 g/mol. The van der Waals surface area contributed by atoms with E-state index in [9.17, 15) is 9.59 Å². The van der Waals surface area contributed by atoms with Crippen molar-refractivity contribution in [1.29, 1.82) is 0 Å². The summed E-state index contributed by atoms with van der Waals surface area (Å²) >= 11 is 0. The quantitative estimate of drug-likeness (QED) is 0.480. The normalized spacial score (nSPS) is 14.8. The third-order valence-corrected chi connectivity index (χ3v) is 3.74. The molecule has 6 nitrogen and oxygen atoms in total. The van der Waals surface area contributed by atoms with Crippen molar-refractivity contribution in [3.05, 3.63) is 64.9 Å². The number of hydrogen-bond donors (Lipinski definition) is 0. The predicted octanol–water partition coefficient (Wildman–Crippen LogP) is 3.27. The van der Waals surface area contributed by atoms with Crippen LogP contribution < -0.4 is 9.47 Å². The van der Waals surface area contributed by atoms with Crippen molar-refractivity contribution < 1.29 is 23.8 Å². The van der Waals surface area contributed by atoms with Crippen LogP contribution in [0.25, 0.3) is 6.08 Å². The first-order chi connectivity index (χ1) is 12.5. The van der Waals surface area contributed by atoms with Crippen LogP contribution >= 0.6 is 0 Å². The van der Waals surface area contributed by atoms with Crippen molar-refractivity contribution in [2.24, 2.45) is 4.99 Å². The van der Waals surface area contributed by atoms with Gasteiger partial charge in [-0.05, 0) is 42.3 Å². The highest BCUT2D eigenvalue weighted by Crippen LogP contribution is 2.30. The van der Waals surface area contributed by atoms with Crippen molar-refractivity contribution in [3.8, 4) is 11.5 Å². The summed E-state index contributed by atoms with van der Waals surface area (Å²) < 4.78 is 15.6. The molecule has 0 aromatic heterocycles. The van der Waals surface area contributed by atoms with Crippen LogP contribution in [-0.2, 0) is 14.3 Å². The van der Waals surface area contributed by atoms with Crippen molar-refractivity contribution in [2.45, 2.75) is 13.8 Å². The second kappa shape index (κ2) is 7.23. The van der Waals surface area contributed by atoms with E-state index in [4.69, 9.17) is 14.2 Å². The first-order valence-corrected chi connectivity index (χ1v) is 7.93. The molecule has 2 aromatic carbocycles. The number of aryl methyl sites for hydroxylation is 1. The number of carbonyl (C=O) groups excluding carboxylic acids is 2. The molecule has 0 unspecified atom stereocenters. The van der Waals surface area contributed by atoms with Gasteiger partial charge in [0.05, 0.1) is 7.11 Å². The highest BCUT2D eigenvalue weighted by molar-refractivity contribution is 6.13. The summed E-state index contributed by atoms with van der Waals surface area (Å²) in [5.74, 6) is -0.000325. The highest BCUT2D eigenvalue weighted by atomic mass is 16.6. The van der Waals surface area contributed by atoms with E-state index in [2.05, 4.69) is 4.99 Å². The molecule has 0 N–H and O–H groups in total. The van der Waals surface area contributed by atoms with Crippen molar-refractivity contribution in [3.63, 3.8) is 0 Å². The van der Waals surface area contributed by atoms with Gasteiger partial charge in [0.1, 0.15) is 0 Å². The number of hydrogen-bond acceptors (Lipinski definition) is 6. The van der Waals surface area contributed by atoms with Gasteiger partial charge in [-0.25, -0.2) is 9.79 Å². The van der Waals surface area contributed by atoms with Gasteiger partial charge in [0.25, 0.3) is 0 Å². The number of rotatable bonds is 4. The number of aliphatic imine (C=N–C) groups is 1. The predicted molar refractivity (Wildman–Crippen MR) is 96.1 cm³/mol. The summed E-state index contributed by atoms with van der Waals surface area (Å²) in [6, 6.07) is 12.5. The largest absolute Gasteiger partial charge is 0.493 e. The minimum atomic E-state index is -0.522. The maximum absolute atomic E-state index is 12.1. The molecule has 1 aliphatic rings. The maximum atomic E-state index is 12.1. The van der Waals surface area contributed by atoms with Crippen LogP contribution in [0.4, 0.5) is 0 Å². The van der Waals surface area contributed by atoms with Gasteiger partial charge >= 0.3 is 11.9 Å². The molecule has 0 saturated heterocycles. The summed E-state index contributed by atoms with van der Waals surface area (Å²) in [5, 5.41) is 0. The van der Waals surface area contributed by atoms with Crippen molar-refractivity contribution >= 4 is 23.9 Å². The molecule has 1 heterocycles. The van der Waals surface area contributed by atoms with Gasteiger partial charge in [-0.2, -0.15) is 0 Å². The van der Waals surface area contributed by atoms with E-state index in [-0.39, 0.29) is 11.6 Å². The maximum Gasteiger partial charge on any atom is 0.363 e. The van der Waals surface area contributed by atoms with Crippen LogP contribution in [0.2, 0.25) is 0 Å². The van der Waals surface area contributed by atoms with Crippen molar-refractivity contribution in [1.82, 2.24) is 0 Å². The summed E-state index contributed by atoms with van der Waals surface area (Å²) in [6.07, 6.45) is 1.59. The summed E-state index contributed by atoms with van der Waals surface area (Å²) in [4.78, 5) is 27.6. The molecule has 3 rings (SSSR count). The number of methoxy groups -OCH3 is 1. The van der Waals surface area contributed by atoms with Gasteiger partial charge in [-0.15, -0.1) is 0 Å². The second-order valence-electron chi connectivity index (χ2n) is 5.65. The van der Waals surface area contributed by atoms with Gasteiger partial charge in [-0.3, -0.25) is 4.79 Å². The monoisotopic (exact) mass is 351 g/mol. The fraction of sp³-hybridized carbons (Fsp3) is 0.150. The first-order valence-electron chi connectivity index (χ1n) is 7.93. The molecule has 26 heavy (non-hydrogen) atoms. The van der Waals surface area contributed by atoms with Gasteiger partial charge < -0.3 is 14.2 Å². The lowest BCUT2D eigenvalue weighted by Crippen LogP contribution is -2.06. The molecule has 132 valence electrons. The average Bonchev–Trinajstić information content (AvgIpc) is 2.96. The smallest absolute Gasteiger partial charge is 0.363 e. The highest BCUT2D eigenvalue weighted by Gasteiger charge is 2.25. The Bertz CT molecular complexity index is 943. The zero-order chi connectivity index (χ0) is 18.7. The molecule has 1 aliphatic heterocycles. The fourth-order valence-electron chi connectivity index (χ4n) is 2.51. The van der Waals surface area contributed by atoms with E-state index in [0.717, 1.165) is 11.1 Å². The van der Waals surface area contributed by atoms with Crippen LogP contribution in [0.1, 0.15) is 23.6 Å². The number of ether oxygens (including phenoxy) is 3. The lowest BCUT2D eigenvalue weighted by atomic mass is 10.1. The SMILES string of the molecule is COc1cc(/C=C2/N=C(c3ccccc3C)OC2=O)ccc1OC(C)=O. The topological polar surface area (TPSA) is 74.2 Å². The van der Waals surface area contributed by atoms with Gasteiger partial charge in [0, 0.05) is 12.5 Å². The number of esters is 2. The second-order valence-corrected chi connectivity index (χ2v) is 5.65. The molecule has 0 saturated carbocycles. The van der Waals surface area contributed by atoms with Crippen LogP contribution in [0.3, 0.4) is 0 Å². The molecule has 6 heteroatoms. The Morgan fingerprint density at radius 1 is 1.15 bits per heavy atom. The van der Waals surface area contributed by atoms with Crippen LogP contribution in [0.15, 0.2) is 53.2 Å². The van der Waals surface area contributed by atoms with E-state index in [1.807, 2.05) is 31.2 Å². The molecule has 0 radical (unpaired) electrons. The lowest BCUT2D eigenvalue weighted by Gasteiger charge is -2.08. The van der Waals surface area contributed by atoms with Crippen LogP contribution in [0.5, 0.6) is 11.5 Å². The Labute approximate surface area is 150 Å². The van der Waals surface area contributed by atoms with E-state index in [1.165, 1.54) is 14.0 Å². The van der Waals surface area contributed by atoms with E-state index < -0.39 is 11.9 Å². The zero-order valence-electron chi connectivity index (χ0n) is 14.6. The molecule has 0 spiro atoms. The Morgan fingerprint density at radius 2 is 1.92 bits per heavy atom. The molecule has 0 aliphatic carbocycles. The van der Waals surface area contributed by atoms with Crippen LogP contribution in [-0.4, -0.2) is 24.9 Å². The standard InChI is InChI=1S/C20H17NO5/c1-12-6-4-5-7-15(12)19-21-16(20(23)26-19)10-14-8-9-17(25-13(2)22)18(11-14)24-3/h4-11H,1-3H3/b16-10+. The van der Waals surface area contributed by atoms with Crippen LogP contribution in [0, 0.1) is 6.92 Å². The minimum absolute atomic E-state index is 0.186. The summed E-state index contributed by atoms with van der Waals surface area (Å²) in [7, 11) is 1.47. The number of benzene rings is 2. The molecule has 0 fully saturated rings. The third-order valence-electron chi connectivity index (χ3n) is 3.74. The molecule has 0 amide bonds. The minimum Gasteiger partial charge on any atom is -0.493 e. The molecule has 0 atom stereocenters. The van der Waals surface area contributed by atoms with E-state index >= 15 is 0 Å². The Morgan fingerprint density at radius 3 is 2.62 bits per heavy atom. The Kier molecular flexibility index (Phi) is 4.84. The molecular formula is C20H17NO5. The Balaban J connectivity index is 1.93. The Hall–Kier alpha value is -3.41. The van der Waals surface area contributed by atoms with Gasteiger partial charge in [-0.1, -0.05) is 24.3 Å². The number of nitrogens with zero attached hydrogens (tertiary/aromatic N) is 1. The third kappa shape index (κ3) is 3.64. The van der Waals surface area contributed by atoms with Gasteiger partial charge in [0.2, 0.25) is 5.90 Å².